The summed E-state index contributed by atoms with van der Waals surface area (Å²) in [6, 6.07) is 0. The molecule has 0 spiro atoms. The van der Waals surface area contributed by atoms with E-state index in [1.807, 2.05) is 0 Å². The first-order valence-corrected chi connectivity index (χ1v) is 5.97. The van der Waals surface area contributed by atoms with Crippen LogP contribution in [-0.4, -0.2) is 22.2 Å². The van der Waals surface area contributed by atoms with Crippen LogP contribution in [0.5, 0.6) is 0 Å². The third kappa shape index (κ3) is 3.77. The van der Waals surface area contributed by atoms with Gasteiger partial charge in [0, 0.05) is 29.8 Å². The number of nitrogens with zero attached hydrogens (tertiary/aromatic N) is 1. The predicted molar refractivity (Wildman–Crippen MR) is 63.8 cm³/mol. The minimum absolute atomic E-state index is 0.00645. The van der Waals surface area contributed by atoms with Gasteiger partial charge in [-0.2, -0.15) is 0 Å². The van der Waals surface area contributed by atoms with E-state index in [0.717, 1.165) is 24.3 Å². The van der Waals surface area contributed by atoms with Gasteiger partial charge in [0.1, 0.15) is 0 Å². The lowest BCUT2D eigenvalue weighted by molar-refractivity contribution is 0.215. The molecule has 0 aliphatic rings. The normalized spacial score (nSPS) is 15.1. The van der Waals surface area contributed by atoms with Crippen molar-refractivity contribution < 1.29 is 5.11 Å². The van der Waals surface area contributed by atoms with Crippen molar-refractivity contribution in [2.75, 3.05) is 12.3 Å². The number of hydrogen-bond acceptors (Lipinski definition) is 5. The maximum Gasteiger partial charge on any atom is 0.180 e. The highest BCUT2D eigenvalue weighted by atomic mass is 32.1. The van der Waals surface area contributed by atoms with Crippen molar-refractivity contribution in [3.8, 4) is 0 Å². The maximum absolute atomic E-state index is 8.96. The number of nitrogens with one attached hydrogen (secondary N) is 1. The van der Waals surface area contributed by atoms with Crippen LogP contribution >= 0.6 is 11.3 Å². The van der Waals surface area contributed by atoms with Crippen LogP contribution in [0.1, 0.15) is 31.6 Å². The van der Waals surface area contributed by atoms with Crippen LogP contribution in [0.3, 0.4) is 0 Å². The van der Waals surface area contributed by atoms with Crippen molar-refractivity contribution in [1.82, 2.24) is 10.3 Å². The van der Waals surface area contributed by atoms with E-state index in [1.165, 1.54) is 11.3 Å². The second-order valence-electron chi connectivity index (χ2n) is 3.91. The highest BCUT2D eigenvalue weighted by Gasteiger charge is 2.20. The smallest absolute Gasteiger partial charge is 0.180 e. The Labute approximate surface area is 94.5 Å². The van der Waals surface area contributed by atoms with Crippen LogP contribution in [0.15, 0.2) is 6.20 Å². The highest BCUT2D eigenvalue weighted by Crippen LogP contribution is 2.18. The van der Waals surface area contributed by atoms with Crippen LogP contribution < -0.4 is 11.1 Å². The third-order valence-corrected chi connectivity index (χ3v) is 3.53. The molecule has 5 heteroatoms. The molecular weight excluding hydrogens is 210 g/mol. The first kappa shape index (κ1) is 12.4. The van der Waals surface area contributed by atoms with Crippen LogP contribution in [0, 0.1) is 0 Å². The van der Waals surface area contributed by atoms with Gasteiger partial charge in [0.2, 0.25) is 0 Å². The van der Waals surface area contributed by atoms with Crippen LogP contribution in [0.25, 0.3) is 0 Å². The highest BCUT2D eigenvalue weighted by molar-refractivity contribution is 7.15. The van der Waals surface area contributed by atoms with Gasteiger partial charge in [0.25, 0.3) is 0 Å². The molecule has 86 valence electrons. The number of hydrogen-bond donors (Lipinski definition) is 3. The Morgan fingerprint density at radius 2 is 2.40 bits per heavy atom. The molecule has 0 aliphatic heterocycles. The average Bonchev–Trinajstić information content (AvgIpc) is 2.62. The summed E-state index contributed by atoms with van der Waals surface area (Å²) in [6.45, 7) is 5.21. The van der Waals surface area contributed by atoms with E-state index in [2.05, 4.69) is 24.1 Å². The first-order valence-electron chi connectivity index (χ1n) is 5.15. The first-order chi connectivity index (χ1) is 7.09. The molecule has 0 saturated carbocycles. The lowest BCUT2D eigenvalue weighted by Crippen LogP contribution is -2.41. The fraction of sp³-hybridized carbons (Fsp3) is 0.700. The summed E-state index contributed by atoms with van der Waals surface area (Å²) in [5, 5.41) is 13.0. The second kappa shape index (κ2) is 5.44. The topological polar surface area (TPSA) is 71.2 Å². The number of anilines is 1. The number of nitrogens with two attached hydrogens (primary N) is 1. The average molecular weight is 229 g/mol. The molecule has 1 aromatic rings. The molecule has 1 unspecified atom stereocenters. The van der Waals surface area contributed by atoms with Crippen molar-refractivity contribution >= 4 is 16.5 Å². The molecule has 1 rings (SSSR count). The van der Waals surface area contributed by atoms with E-state index in [9.17, 15) is 0 Å². The van der Waals surface area contributed by atoms with Gasteiger partial charge in [-0.25, -0.2) is 4.98 Å². The fourth-order valence-corrected chi connectivity index (χ4v) is 1.97. The van der Waals surface area contributed by atoms with Gasteiger partial charge in [-0.05, 0) is 19.8 Å². The molecule has 0 radical (unpaired) electrons. The summed E-state index contributed by atoms with van der Waals surface area (Å²) in [5.74, 6) is 0. The Bertz CT molecular complexity index is 303. The minimum Gasteiger partial charge on any atom is -0.396 e. The van der Waals surface area contributed by atoms with Crippen LogP contribution in [0.2, 0.25) is 0 Å². The van der Waals surface area contributed by atoms with Crippen molar-refractivity contribution in [1.29, 1.82) is 0 Å². The zero-order chi connectivity index (χ0) is 11.3. The van der Waals surface area contributed by atoms with Crippen molar-refractivity contribution in [2.24, 2.45) is 0 Å². The van der Waals surface area contributed by atoms with E-state index >= 15 is 0 Å². The second-order valence-corrected chi connectivity index (χ2v) is 5.05. The van der Waals surface area contributed by atoms with Gasteiger partial charge >= 0.3 is 0 Å². The lowest BCUT2D eigenvalue weighted by atomic mass is 9.95. The monoisotopic (exact) mass is 229 g/mol. The lowest BCUT2D eigenvalue weighted by Gasteiger charge is -2.28. The number of nitrogen functional groups attached to an aromatic ring is 1. The third-order valence-electron chi connectivity index (χ3n) is 2.70. The number of aliphatic hydroxyl groups excluding tert-OH is 1. The summed E-state index contributed by atoms with van der Waals surface area (Å²) in [5.41, 5.74) is 5.54. The Morgan fingerprint density at radius 1 is 1.67 bits per heavy atom. The molecule has 0 amide bonds. The molecule has 0 saturated heterocycles. The molecular formula is C10H19N3OS. The Hall–Kier alpha value is -0.650. The van der Waals surface area contributed by atoms with Crippen molar-refractivity contribution in [3.63, 3.8) is 0 Å². The van der Waals surface area contributed by atoms with Gasteiger partial charge in [0.15, 0.2) is 5.13 Å². The summed E-state index contributed by atoms with van der Waals surface area (Å²) in [6.07, 6.45) is 3.54. The molecule has 15 heavy (non-hydrogen) atoms. The van der Waals surface area contributed by atoms with E-state index < -0.39 is 0 Å². The van der Waals surface area contributed by atoms with Gasteiger partial charge in [0.05, 0.1) is 0 Å². The molecule has 1 atom stereocenters. The van der Waals surface area contributed by atoms with E-state index in [-0.39, 0.29) is 12.1 Å². The molecule has 0 aromatic carbocycles. The SMILES string of the molecule is CCC(C)(CCO)NCc1cnc(N)s1. The zero-order valence-corrected chi connectivity index (χ0v) is 10.1. The van der Waals surface area contributed by atoms with Gasteiger partial charge < -0.3 is 16.2 Å². The summed E-state index contributed by atoms with van der Waals surface area (Å²) in [7, 11) is 0. The molecule has 0 fully saturated rings. The summed E-state index contributed by atoms with van der Waals surface area (Å²) in [4.78, 5) is 5.13. The number of aromatic nitrogens is 1. The van der Waals surface area contributed by atoms with Crippen LogP contribution in [0.4, 0.5) is 5.13 Å². The number of rotatable bonds is 6. The largest absolute Gasteiger partial charge is 0.396 e. The molecule has 4 nitrogen and oxygen atoms in total. The quantitative estimate of drug-likeness (QED) is 0.689. The summed E-state index contributed by atoms with van der Waals surface area (Å²) < 4.78 is 0. The van der Waals surface area contributed by atoms with Crippen molar-refractivity contribution in [3.05, 3.63) is 11.1 Å². The van der Waals surface area contributed by atoms with Crippen LogP contribution in [-0.2, 0) is 6.54 Å². The fourth-order valence-electron chi connectivity index (χ4n) is 1.34. The number of aliphatic hydroxyl groups is 1. The van der Waals surface area contributed by atoms with Gasteiger partial charge in [-0.15, -0.1) is 11.3 Å². The molecule has 1 aromatic heterocycles. The number of thiazole rings is 1. The molecule has 1 heterocycles. The molecule has 0 aliphatic carbocycles. The Balaban J connectivity index is 2.47. The van der Waals surface area contributed by atoms with Gasteiger partial charge in [-0.1, -0.05) is 6.92 Å². The molecule has 4 N–H and O–H groups in total. The zero-order valence-electron chi connectivity index (χ0n) is 9.29. The van der Waals surface area contributed by atoms with E-state index in [0.29, 0.717) is 5.13 Å². The maximum atomic E-state index is 8.96. The standard InChI is InChI=1S/C10H19N3OS/c1-3-10(2,4-5-14)13-7-8-6-12-9(11)15-8/h6,13-14H,3-5,7H2,1-2H3,(H2,11,12). The Kier molecular flexibility index (Phi) is 4.50. The molecule has 0 bridgehead atoms. The van der Waals surface area contributed by atoms with E-state index in [4.69, 9.17) is 10.8 Å². The van der Waals surface area contributed by atoms with Gasteiger partial charge in [-0.3, -0.25) is 0 Å². The predicted octanol–water partition coefficient (Wildman–Crippen LogP) is 1.37. The minimum atomic E-state index is -0.00645. The Morgan fingerprint density at radius 3 is 2.87 bits per heavy atom. The van der Waals surface area contributed by atoms with Crippen molar-refractivity contribution in [2.45, 2.75) is 38.8 Å². The summed E-state index contributed by atoms with van der Waals surface area (Å²) >= 11 is 1.50. The van der Waals surface area contributed by atoms with E-state index in [1.54, 1.807) is 6.20 Å².